The third-order valence-electron chi connectivity index (χ3n) is 5.82. The zero-order chi connectivity index (χ0) is 21.1. The minimum atomic E-state index is -0.865. The number of rotatable bonds is 2. The Morgan fingerprint density at radius 1 is 1.07 bits per heavy atom. The Labute approximate surface area is 168 Å². The molecule has 8 heteroatoms. The van der Waals surface area contributed by atoms with Crippen molar-refractivity contribution in [2.24, 2.45) is 0 Å². The van der Waals surface area contributed by atoms with Crippen molar-refractivity contribution in [3.8, 4) is 11.8 Å². The van der Waals surface area contributed by atoms with E-state index in [-0.39, 0.29) is 16.5 Å². The molecule has 2 heterocycles. The molecule has 0 N–H and O–H groups in total. The standard InChI is InChI=1S/C21H20BF2N3O2/c1-12-15-7-8-16(22-28-20(2,3)21(4,5)29-22)18(24)19(15)27(26-12)14-6-9-17(23)13(10-14)11-25/h6-10H,1-5H3. The zero-order valence-electron chi connectivity index (χ0n) is 16.9. The molecule has 0 bridgehead atoms. The van der Waals surface area contributed by atoms with Gasteiger partial charge in [0.15, 0.2) is 0 Å². The number of hydrogen-bond donors (Lipinski definition) is 0. The lowest BCUT2D eigenvalue weighted by Crippen LogP contribution is -2.41. The second-order valence-corrected chi connectivity index (χ2v) is 8.23. The normalized spacial score (nSPS) is 17.7. The average Bonchev–Trinajstić information content (AvgIpc) is 3.09. The summed E-state index contributed by atoms with van der Waals surface area (Å²) < 4.78 is 42.8. The second kappa shape index (κ2) is 6.38. The molecule has 29 heavy (non-hydrogen) atoms. The van der Waals surface area contributed by atoms with Gasteiger partial charge in [0.05, 0.1) is 28.1 Å². The van der Waals surface area contributed by atoms with Gasteiger partial charge in [0.2, 0.25) is 0 Å². The van der Waals surface area contributed by atoms with Crippen LogP contribution < -0.4 is 5.46 Å². The maximum atomic E-state index is 15.7. The summed E-state index contributed by atoms with van der Waals surface area (Å²) >= 11 is 0. The van der Waals surface area contributed by atoms with Gasteiger partial charge in [-0.05, 0) is 52.8 Å². The highest BCUT2D eigenvalue weighted by atomic mass is 19.1. The highest BCUT2D eigenvalue weighted by molar-refractivity contribution is 6.62. The van der Waals surface area contributed by atoms with E-state index in [1.54, 1.807) is 25.1 Å². The molecule has 0 atom stereocenters. The highest BCUT2D eigenvalue weighted by Crippen LogP contribution is 2.37. The van der Waals surface area contributed by atoms with E-state index in [4.69, 9.17) is 14.6 Å². The molecule has 1 aliphatic rings. The van der Waals surface area contributed by atoms with Crippen LogP contribution in [0.25, 0.3) is 16.6 Å². The lowest BCUT2D eigenvalue weighted by atomic mass is 9.78. The van der Waals surface area contributed by atoms with E-state index < -0.39 is 30.0 Å². The van der Waals surface area contributed by atoms with Gasteiger partial charge in [0, 0.05) is 10.8 Å². The van der Waals surface area contributed by atoms with E-state index in [9.17, 15) is 4.39 Å². The van der Waals surface area contributed by atoms with Crippen molar-refractivity contribution in [3.63, 3.8) is 0 Å². The van der Waals surface area contributed by atoms with Gasteiger partial charge in [-0.25, -0.2) is 13.5 Å². The molecule has 0 unspecified atom stereocenters. The molecule has 0 amide bonds. The fourth-order valence-electron chi connectivity index (χ4n) is 3.40. The molecule has 148 valence electrons. The molecular weight excluding hydrogens is 375 g/mol. The first-order chi connectivity index (χ1) is 13.6. The van der Waals surface area contributed by atoms with Crippen molar-refractivity contribution < 1.29 is 18.1 Å². The number of benzene rings is 2. The minimum absolute atomic E-state index is 0.133. The summed E-state index contributed by atoms with van der Waals surface area (Å²) in [5.74, 6) is -1.16. The third kappa shape index (κ3) is 2.93. The SMILES string of the molecule is Cc1nn(-c2ccc(F)c(C#N)c2)c2c(F)c(B3OC(C)(C)C(C)(C)O3)ccc12. The predicted molar refractivity (Wildman–Crippen MR) is 106 cm³/mol. The van der Waals surface area contributed by atoms with Gasteiger partial charge in [-0.3, -0.25) is 0 Å². The molecule has 4 rings (SSSR count). The minimum Gasteiger partial charge on any atom is -0.399 e. The quantitative estimate of drug-likeness (QED) is 0.620. The van der Waals surface area contributed by atoms with E-state index in [2.05, 4.69) is 5.10 Å². The fraction of sp³-hybridized carbons (Fsp3) is 0.333. The molecule has 0 radical (unpaired) electrons. The average molecular weight is 395 g/mol. The molecule has 1 saturated heterocycles. The predicted octanol–water partition coefficient (Wildman–Crippen LogP) is 3.78. The van der Waals surface area contributed by atoms with Crippen LogP contribution in [0.4, 0.5) is 8.78 Å². The molecule has 0 spiro atoms. The summed E-state index contributed by atoms with van der Waals surface area (Å²) in [6.07, 6.45) is 0. The Kier molecular flexibility index (Phi) is 4.30. The molecule has 0 saturated carbocycles. The first-order valence-electron chi connectivity index (χ1n) is 9.29. The molecule has 3 aromatic rings. The Balaban J connectivity index is 1.90. The van der Waals surface area contributed by atoms with E-state index >= 15 is 4.39 Å². The first kappa shape index (κ1) is 19.6. The van der Waals surface area contributed by atoms with Crippen LogP contribution in [0.2, 0.25) is 0 Å². The number of hydrogen-bond acceptors (Lipinski definition) is 4. The number of nitrogens with zero attached hydrogens (tertiary/aromatic N) is 3. The fourth-order valence-corrected chi connectivity index (χ4v) is 3.40. The molecule has 2 aromatic carbocycles. The van der Waals surface area contributed by atoms with Gasteiger partial charge in [0.25, 0.3) is 0 Å². The van der Waals surface area contributed by atoms with E-state index in [1.165, 1.54) is 22.9 Å². The van der Waals surface area contributed by atoms with Gasteiger partial charge in [-0.15, -0.1) is 0 Å². The molecular formula is C21H20BF2N3O2. The lowest BCUT2D eigenvalue weighted by molar-refractivity contribution is 0.00578. The molecule has 0 aliphatic carbocycles. The van der Waals surface area contributed by atoms with Crippen molar-refractivity contribution in [2.45, 2.75) is 45.8 Å². The van der Waals surface area contributed by atoms with Crippen LogP contribution in [-0.2, 0) is 9.31 Å². The van der Waals surface area contributed by atoms with Crippen LogP contribution in [0, 0.1) is 29.9 Å². The summed E-state index contributed by atoms with van der Waals surface area (Å²) in [5.41, 5.74) is 0.159. The Morgan fingerprint density at radius 3 is 2.34 bits per heavy atom. The van der Waals surface area contributed by atoms with Crippen LogP contribution >= 0.6 is 0 Å². The van der Waals surface area contributed by atoms with Crippen molar-refractivity contribution in [1.29, 1.82) is 5.26 Å². The van der Waals surface area contributed by atoms with Crippen molar-refractivity contribution >= 4 is 23.5 Å². The Hall–Kier alpha value is -2.76. The molecule has 1 aliphatic heterocycles. The number of nitriles is 1. The van der Waals surface area contributed by atoms with Gasteiger partial charge >= 0.3 is 7.12 Å². The molecule has 5 nitrogen and oxygen atoms in total. The number of halogens is 2. The van der Waals surface area contributed by atoms with Crippen LogP contribution in [0.3, 0.4) is 0 Å². The number of aryl methyl sites for hydroxylation is 1. The van der Waals surface area contributed by atoms with Gasteiger partial charge < -0.3 is 9.31 Å². The van der Waals surface area contributed by atoms with Crippen molar-refractivity contribution in [3.05, 3.63) is 53.2 Å². The van der Waals surface area contributed by atoms with E-state index in [0.717, 1.165) is 0 Å². The maximum absolute atomic E-state index is 15.7. The summed E-state index contributed by atoms with van der Waals surface area (Å²) in [7, 11) is -0.865. The lowest BCUT2D eigenvalue weighted by Gasteiger charge is -2.32. The first-order valence-corrected chi connectivity index (χ1v) is 9.29. The van der Waals surface area contributed by atoms with E-state index in [0.29, 0.717) is 16.8 Å². The van der Waals surface area contributed by atoms with E-state index in [1.807, 2.05) is 27.7 Å². The highest BCUT2D eigenvalue weighted by Gasteiger charge is 2.52. The van der Waals surface area contributed by atoms with Gasteiger partial charge in [0.1, 0.15) is 23.2 Å². The topological polar surface area (TPSA) is 60.1 Å². The van der Waals surface area contributed by atoms with Crippen molar-refractivity contribution in [2.75, 3.05) is 0 Å². The summed E-state index contributed by atoms with van der Waals surface area (Å²) in [4.78, 5) is 0. The zero-order valence-corrected chi connectivity index (χ0v) is 16.9. The summed E-state index contributed by atoms with van der Waals surface area (Å²) in [5, 5.41) is 14.2. The second-order valence-electron chi connectivity index (χ2n) is 8.23. The van der Waals surface area contributed by atoms with Gasteiger partial charge in [-0.1, -0.05) is 12.1 Å². The smallest absolute Gasteiger partial charge is 0.399 e. The largest absolute Gasteiger partial charge is 0.497 e. The molecule has 1 fully saturated rings. The van der Waals surface area contributed by atoms with Crippen molar-refractivity contribution in [1.82, 2.24) is 9.78 Å². The summed E-state index contributed by atoms with van der Waals surface area (Å²) in [6, 6.07) is 9.20. The van der Waals surface area contributed by atoms with Crippen LogP contribution in [0.5, 0.6) is 0 Å². The Bertz CT molecular complexity index is 1160. The van der Waals surface area contributed by atoms with Crippen LogP contribution in [-0.4, -0.2) is 28.1 Å². The molecule has 1 aromatic heterocycles. The third-order valence-corrected chi connectivity index (χ3v) is 5.82. The van der Waals surface area contributed by atoms with Crippen LogP contribution in [0.1, 0.15) is 39.0 Å². The summed E-state index contributed by atoms with van der Waals surface area (Å²) in [6.45, 7) is 9.38. The number of aromatic nitrogens is 2. The van der Waals surface area contributed by atoms with Gasteiger partial charge in [-0.2, -0.15) is 10.4 Å². The Morgan fingerprint density at radius 2 is 1.72 bits per heavy atom. The monoisotopic (exact) mass is 395 g/mol. The maximum Gasteiger partial charge on any atom is 0.497 e. The van der Waals surface area contributed by atoms with Crippen LogP contribution in [0.15, 0.2) is 30.3 Å². The number of fused-ring (bicyclic) bond motifs is 1.